The van der Waals surface area contributed by atoms with Crippen molar-refractivity contribution in [1.29, 1.82) is 0 Å². The molecule has 0 N–H and O–H groups in total. The fourth-order valence-corrected chi connectivity index (χ4v) is 6.82. The summed E-state index contributed by atoms with van der Waals surface area (Å²) in [6.45, 7) is 9.14. The second kappa shape index (κ2) is 11.3. The summed E-state index contributed by atoms with van der Waals surface area (Å²) in [7, 11) is 0. The summed E-state index contributed by atoms with van der Waals surface area (Å²) in [6.07, 6.45) is 13.1. The first kappa shape index (κ1) is 25.8. The predicted molar refractivity (Wildman–Crippen MR) is 163 cm³/mol. The zero-order valence-corrected chi connectivity index (χ0v) is 23.5. The van der Waals surface area contributed by atoms with Crippen molar-refractivity contribution in [3.05, 3.63) is 95.1 Å². The predicted octanol–water partition coefficient (Wildman–Crippen LogP) is 11.3. The Morgan fingerprint density at radius 3 is 1.84 bits per heavy atom. The smallest absolute Gasteiger partial charge is 0.0215 e. The van der Waals surface area contributed by atoms with Gasteiger partial charge in [-0.25, -0.2) is 0 Å². The second-order valence-electron chi connectivity index (χ2n) is 11.5. The number of hydrogen-bond acceptors (Lipinski definition) is 0. The minimum absolute atomic E-state index is 0.113. The molecule has 37 heavy (non-hydrogen) atoms. The lowest BCUT2D eigenvalue weighted by atomic mass is 9.70. The average molecular weight is 489 g/mol. The number of unbranched alkanes of at least 4 members (excludes halogenated alkanes) is 6. The molecule has 1 aliphatic rings. The molecule has 0 heterocycles. The van der Waals surface area contributed by atoms with Gasteiger partial charge in [0.2, 0.25) is 0 Å². The molecule has 0 saturated heterocycles. The first-order valence-electron chi connectivity index (χ1n) is 14.8. The molecule has 4 aromatic carbocycles. The zero-order chi connectivity index (χ0) is 25.8. The number of benzene rings is 4. The van der Waals surface area contributed by atoms with Gasteiger partial charge >= 0.3 is 0 Å². The lowest BCUT2D eigenvalue weighted by Crippen LogP contribution is -2.26. The van der Waals surface area contributed by atoms with Crippen LogP contribution in [0.3, 0.4) is 0 Å². The fourth-order valence-electron chi connectivity index (χ4n) is 6.82. The monoisotopic (exact) mass is 488 g/mol. The van der Waals surface area contributed by atoms with Crippen molar-refractivity contribution in [2.45, 2.75) is 97.3 Å². The Bertz CT molecular complexity index is 1340. The molecular weight excluding hydrogens is 444 g/mol. The molecule has 0 atom stereocenters. The molecular formula is C37H44. The van der Waals surface area contributed by atoms with Crippen LogP contribution in [0, 0.1) is 13.8 Å². The van der Waals surface area contributed by atoms with Crippen molar-refractivity contribution in [3.63, 3.8) is 0 Å². The van der Waals surface area contributed by atoms with Crippen molar-refractivity contribution in [2.24, 2.45) is 0 Å². The van der Waals surface area contributed by atoms with E-state index in [0.717, 1.165) is 0 Å². The standard InChI is InChI=1S/C37H44/c1-5-7-9-13-23-37(24-14-10-8-6-2)34-26-30(29-19-17-27(3)18-20-29)21-22-33(34)36-32-16-12-11-15-31(32)28(4)25-35(36)37/h11-12,15-22,25-26H,5-10,13-14,23-24H2,1-4H3. The molecule has 192 valence electrons. The van der Waals surface area contributed by atoms with Gasteiger partial charge < -0.3 is 0 Å². The van der Waals surface area contributed by atoms with Gasteiger partial charge in [-0.3, -0.25) is 0 Å². The number of rotatable bonds is 11. The Balaban J connectivity index is 1.72. The summed E-state index contributed by atoms with van der Waals surface area (Å²) in [5.74, 6) is 0. The van der Waals surface area contributed by atoms with Crippen molar-refractivity contribution >= 4 is 10.8 Å². The van der Waals surface area contributed by atoms with Crippen LogP contribution in [0.25, 0.3) is 33.0 Å². The van der Waals surface area contributed by atoms with Crippen LogP contribution in [0.1, 0.15) is 100 Å². The topological polar surface area (TPSA) is 0 Å². The third kappa shape index (κ3) is 4.88. The molecule has 0 spiro atoms. The van der Waals surface area contributed by atoms with E-state index in [9.17, 15) is 0 Å². The SMILES string of the molecule is CCCCCCC1(CCCCCC)c2cc(-c3ccc(C)cc3)ccc2-c2c1cc(C)c1ccccc21. The Morgan fingerprint density at radius 2 is 1.19 bits per heavy atom. The first-order valence-corrected chi connectivity index (χ1v) is 14.8. The minimum atomic E-state index is 0.113. The molecule has 0 amide bonds. The molecule has 5 rings (SSSR count). The van der Waals surface area contributed by atoms with E-state index >= 15 is 0 Å². The Hall–Kier alpha value is -2.86. The average Bonchev–Trinajstić information content (AvgIpc) is 3.19. The van der Waals surface area contributed by atoms with Crippen LogP contribution in [0.5, 0.6) is 0 Å². The summed E-state index contributed by atoms with van der Waals surface area (Å²) < 4.78 is 0. The van der Waals surface area contributed by atoms with E-state index in [4.69, 9.17) is 0 Å². The van der Waals surface area contributed by atoms with E-state index in [2.05, 4.69) is 100 Å². The Morgan fingerprint density at radius 1 is 0.568 bits per heavy atom. The summed E-state index contributed by atoms with van der Waals surface area (Å²) >= 11 is 0. The van der Waals surface area contributed by atoms with Gasteiger partial charge in [0.1, 0.15) is 0 Å². The van der Waals surface area contributed by atoms with Crippen LogP contribution in [0.2, 0.25) is 0 Å². The van der Waals surface area contributed by atoms with Crippen molar-refractivity contribution in [3.8, 4) is 22.3 Å². The maximum Gasteiger partial charge on any atom is 0.0215 e. The Labute approximate surface area is 225 Å². The molecule has 0 radical (unpaired) electrons. The maximum atomic E-state index is 2.57. The lowest BCUT2D eigenvalue weighted by Gasteiger charge is -2.33. The van der Waals surface area contributed by atoms with Gasteiger partial charge in [0.25, 0.3) is 0 Å². The van der Waals surface area contributed by atoms with Crippen LogP contribution >= 0.6 is 0 Å². The van der Waals surface area contributed by atoms with E-state index in [0.29, 0.717) is 0 Å². The molecule has 4 aromatic rings. The van der Waals surface area contributed by atoms with E-state index in [1.807, 2.05) is 0 Å². The molecule has 0 aromatic heterocycles. The van der Waals surface area contributed by atoms with Crippen LogP contribution in [0.15, 0.2) is 72.8 Å². The van der Waals surface area contributed by atoms with Crippen LogP contribution < -0.4 is 0 Å². The highest BCUT2D eigenvalue weighted by Gasteiger charge is 2.43. The molecule has 0 heteroatoms. The van der Waals surface area contributed by atoms with Gasteiger partial charge in [-0.2, -0.15) is 0 Å². The highest BCUT2D eigenvalue weighted by Crippen LogP contribution is 2.57. The third-order valence-corrected chi connectivity index (χ3v) is 8.87. The van der Waals surface area contributed by atoms with E-state index in [1.165, 1.54) is 108 Å². The van der Waals surface area contributed by atoms with E-state index < -0.39 is 0 Å². The van der Waals surface area contributed by atoms with Crippen molar-refractivity contribution in [1.82, 2.24) is 0 Å². The lowest BCUT2D eigenvalue weighted by molar-refractivity contribution is 0.401. The van der Waals surface area contributed by atoms with Gasteiger partial charge in [0.05, 0.1) is 0 Å². The number of aryl methyl sites for hydroxylation is 2. The number of fused-ring (bicyclic) bond motifs is 5. The maximum absolute atomic E-state index is 2.57. The molecule has 0 nitrogen and oxygen atoms in total. The second-order valence-corrected chi connectivity index (χ2v) is 11.5. The van der Waals surface area contributed by atoms with Crippen LogP contribution in [-0.4, -0.2) is 0 Å². The van der Waals surface area contributed by atoms with Crippen LogP contribution in [-0.2, 0) is 5.41 Å². The van der Waals surface area contributed by atoms with E-state index in [1.54, 1.807) is 11.1 Å². The van der Waals surface area contributed by atoms with E-state index in [-0.39, 0.29) is 5.41 Å². The molecule has 0 fully saturated rings. The highest BCUT2D eigenvalue weighted by atomic mass is 14.5. The molecule has 0 aliphatic heterocycles. The van der Waals surface area contributed by atoms with Crippen molar-refractivity contribution < 1.29 is 0 Å². The van der Waals surface area contributed by atoms with Gasteiger partial charge in [0, 0.05) is 5.41 Å². The van der Waals surface area contributed by atoms with Crippen molar-refractivity contribution in [2.75, 3.05) is 0 Å². The molecule has 0 bridgehead atoms. The molecule has 0 saturated carbocycles. The third-order valence-electron chi connectivity index (χ3n) is 8.87. The minimum Gasteiger partial charge on any atom is -0.0654 e. The fraction of sp³-hybridized carbons (Fsp3) is 0.405. The van der Waals surface area contributed by atoms with Gasteiger partial charge in [-0.1, -0.05) is 138 Å². The molecule has 0 unspecified atom stereocenters. The Kier molecular flexibility index (Phi) is 7.84. The summed E-state index contributed by atoms with van der Waals surface area (Å²) in [4.78, 5) is 0. The van der Waals surface area contributed by atoms with Gasteiger partial charge in [-0.05, 0) is 82.5 Å². The number of hydrogen-bond donors (Lipinski definition) is 0. The first-order chi connectivity index (χ1) is 18.1. The molecule has 1 aliphatic carbocycles. The quantitative estimate of drug-likeness (QED) is 0.184. The normalized spacial score (nSPS) is 13.6. The zero-order valence-electron chi connectivity index (χ0n) is 23.5. The summed E-state index contributed by atoms with van der Waals surface area (Å²) in [5, 5.41) is 2.84. The van der Waals surface area contributed by atoms with Gasteiger partial charge in [0.15, 0.2) is 0 Å². The summed E-state index contributed by atoms with van der Waals surface area (Å²) in [5.41, 5.74) is 11.7. The highest BCUT2D eigenvalue weighted by molar-refractivity contribution is 6.04. The largest absolute Gasteiger partial charge is 0.0654 e. The summed E-state index contributed by atoms with van der Waals surface area (Å²) in [6, 6.07) is 28.1. The van der Waals surface area contributed by atoms with Gasteiger partial charge in [-0.15, -0.1) is 0 Å². The van der Waals surface area contributed by atoms with Crippen LogP contribution in [0.4, 0.5) is 0 Å².